The molecule has 1 saturated carbocycles. The highest BCUT2D eigenvalue weighted by Gasteiger charge is 2.20. The minimum absolute atomic E-state index is 0.610. The fourth-order valence-electron chi connectivity index (χ4n) is 2.43. The number of nitrogens with zero attached hydrogens (tertiary/aromatic N) is 1. The Hall–Kier alpha value is -0.380. The summed E-state index contributed by atoms with van der Waals surface area (Å²) in [5.74, 6) is 0.937. The van der Waals surface area contributed by atoms with Crippen LogP contribution < -0.4 is 5.73 Å². The van der Waals surface area contributed by atoms with Gasteiger partial charge in [-0.25, -0.2) is 0 Å². The van der Waals surface area contributed by atoms with E-state index in [2.05, 4.69) is 46.0 Å². The van der Waals surface area contributed by atoms with Crippen molar-refractivity contribution in [3.05, 3.63) is 33.8 Å². The minimum atomic E-state index is 0.610. The fourth-order valence-corrected chi connectivity index (χ4v) is 2.98. The first-order chi connectivity index (χ1) is 8.72. The second-order valence-electron chi connectivity index (χ2n) is 5.25. The molecule has 18 heavy (non-hydrogen) atoms. The van der Waals surface area contributed by atoms with E-state index in [1.54, 1.807) is 0 Å². The summed E-state index contributed by atoms with van der Waals surface area (Å²) in [7, 11) is 0. The molecular formula is C15H23BrN2. The van der Waals surface area contributed by atoms with E-state index in [9.17, 15) is 0 Å². The predicted molar refractivity (Wildman–Crippen MR) is 80.3 cm³/mol. The molecule has 0 heterocycles. The highest BCUT2D eigenvalue weighted by Crippen LogP contribution is 2.28. The Morgan fingerprint density at radius 1 is 1.39 bits per heavy atom. The van der Waals surface area contributed by atoms with Crippen LogP contribution in [0.4, 0.5) is 0 Å². The van der Waals surface area contributed by atoms with Crippen LogP contribution in [0, 0.1) is 5.92 Å². The maximum absolute atomic E-state index is 5.66. The van der Waals surface area contributed by atoms with E-state index in [0.29, 0.717) is 6.54 Å². The molecule has 100 valence electrons. The summed E-state index contributed by atoms with van der Waals surface area (Å²) in [5.41, 5.74) is 8.21. The summed E-state index contributed by atoms with van der Waals surface area (Å²) in [6.45, 7) is 6.28. The van der Waals surface area contributed by atoms with Gasteiger partial charge in [-0.3, -0.25) is 4.90 Å². The predicted octanol–water partition coefficient (Wildman–Crippen LogP) is 3.53. The van der Waals surface area contributed by atoms with Gasteiger partial charge in [-0.15, -0.1) is 0 Å². The van der Waals surface area contributed by atoms with Crippen LogP contribution in [0.3, 0.4) is 0 Å². The summed E-state index contributed by atoms with van der Waals surface area (Å²) in [5, 5.41) is 0. The van der Waals surface area contributed by atoms with E-state index < -0.39 is 0 Å². The minimum Gasteiger partial charge on any atom is -0.326 e. The molecule has 0 bridgehead atoms. The Labute approximate surface area is 119 Å². The monoisotopic (exact) mass is 310 g/mol. The summed E-state index contributed by atoms with van der Waals surface area (Å²) in [6, 6.07) is 6.49. The van der Waals surface area contributed by atoms with E-state index in [-0.39, 0.29) is 0 Å². The van der Waals surface area contributed by atoms with Crippen molar-refractivity contribution in [1.29, 1.82) is 0 Å². The van der Waals surface area contributed by atoms with Crippen molar-refractivity contribution in [2.24, 2.45) is 11.7 Å². The lowest BCUT2D eigenvalue weighted by Gasteiger charge is -2.32. The highest BCUT2D eigenvalue weighted by molar-refractivity contribution is 9.10. The first-order valence-electron chi connectivity index (χ1n) is 6.92. The molecule has 2 nitrogen and oxygen atoms in total. The topological polar surface area (TPSA) is 29.3 Å². The standard InChI is InChI=1S/C15H23BrN2/c1-2-18(10-12-4-3-5-12)11-14-7-6-13(9-17)8-15(14)16/h6-8,12H,2-5,9-11,17H2,1H3. The number of hydrogen-bond donors (Lipinski definition) is 1. The zero-order valence-electron chi connectivity index (χ0n) is 11.2. The van der Waals surface area contributed by atoms with Crippen molar-refractivity contribution in [3.63, 3.8) is 0 Å². The molecular weight excluding hydrogens is 288 g/mol. The molecule has 1 aromatic rings. The lowest BCUT2D eigenvalue weighted by Crippen LogP contribution is -2.32. The second-order valence-corrected chi connectivity index (χ2v) is 6.11. The normalized spacial score (nSPS) is 16.0. The average molecular weight is 311 g/mol. The van der Waals surface area contributed by atoms with Gasteiger partial charge in [-0.1, -0.05) is 41.4 Å². The zero-order chi connectivity index (χ0) is 13.0. The van der Waals surface area contributed by atoms with E-state index >= 15 is 0 Å². The molecule has 0 aromatic heterocycles. The molecule has 0 amide bonds. The van der Waals surface area contributed by atoms with Crippen LogP contribution in [0.2, 0.25) is 0 Å². The van der Waals surface area contributed by atoms with Crippen LogP contribution in [-0.4, -0.2) is 18.0 Å². The van der Waals surface area contributed by atoms with Crippen LogP contribution in [0.25, 0.3) is 0 Å². The number of hydrogen-bond acceptors (Lipinski definition) is 2. The van der Waals surface area contributed by atoms with Gasteiger partial charge in [-0.05, 0) is 42.5 Å². The third-order valence-corrected chi connectivity index (χ3v) is 4.67. The fraction of sp³-hybridized carbons (Fsp3) is 0.600. The zero-order valence-corrected chi connectivity index (χ0v) is 12.7. The van der Waals surface area contributed by atoms with Crippen molar-refractivity contribution in [3.8, 4) is 0 Å². The Balaban J connectivity index is 1.97. The summed E-state index contributed by atoms with van der Waals surface area (Å²) in [6.07, 6.45) is 4.27. The molecule has 1 aliphatic carbocycles. The van der Waals surface area contributed by atoms with Gasteiger partial charge in [0.2, 0.25) is 0 Å². The smallest absolute Gasteiger partial charge is 0.0244 e. The molecule has 0 aliphatic heterocycles. The Morgan fingerprint density at radius 3 is 2.67 bits per heavy atom. The Kier molecular flexibility index (Phi) is 5.22. The SMILES string of the molecule is CCN(Cc1ccc(CN)cc1Br)CC1CCC1. The van der Waals surface area contributed by atoms with E-state index in [4.69, 9.17) is 5.73 Å². The third kappa shape index (κ3) is 3.56. The van der Waals surface area contributed by atoms with Gasteiger partial charge in [0, 0.05) is 24.1 Å². The molecule has 0 atom stereocenters. The van der Waals surface area contributed by atoms with Gasteiger partial charge in [0.05, 0.1) is 0 Å². The van der Waals surface area contributed by atoms with Crippen LogP contribution in [0.1, 0.15) is 37.3 Å². The molecule has 1 fully saturated rings. The van der Waals surface area contributed by atoms with Crippen molar-refractivity contribution in [2.45, 2.75) is 39.3 Å². The molecule has 0 radical (unpaired) electrons. The maximum atomic E-state index is 5.66. The van der Waals surface area contributed by atoms with Crippen LogP contribution >= 0.6 is 15.9 Å². The lowest BCUT2D eigenvalue weighted by molar-refractivity contribution is 0.178. The summed E-state index contributed by atoms with van der Waals surface area (Å²) >= 11 is 3.66. The lowest BCUT2D eigenvalue weighted by atomic mass is 9.85. The van der Waals surface area contributed by atoms with Crippen molar-refractivity contribution in [2.75, 3.05) is 13.1 Å². The van der Waals surface area contributed by atoms with Gasteiger partial charge < -0.3 is 5.73 Å². The summed E-state index contributed by atoms with van der Waals surface area (Å²) in [4.78, 5) is 2.55. The van der Waals surface area contributed by atoms with Crippen LogP contribution in [0.15, 0.2) is 22.7 Å². The van der Waals surface area contributed by atoms with Crippen molar-refractivity contribution >= 4 is 15.9 Å². The quantitative estimate of drug-likeness (QED) is 0.871. The van der Waals surface area contributed by atoms with Crippen molar-refractivity contribution < 1.29 is 0 Å². The van der Waals surface area contributed by atoms with Gasteiger partial charge in [0.25, 0.3) is 0 Å². The first kappa shape index (κ1) is 14.0. The van der Waals surface area contributed by atoms with E-state index in [1.807, 2.05) is 0 Å². The van der Waals surface area contributed by atoms with Gasteiger partial charge in [0.1, 0.15) is 0 Å². The van der Waals surface area contributed by atoms with E-state index in [1.165, 1.54) is 41.4 Å². The molecule has 2 N–H and O–H groups in total. The first-order valence-corrected chi connectivity index (χ1v) is 7.72. The van der Waals surface area contributed by atoms with Gasteiger partial charge >= 0.3 is 0 Å². The number of benzene rings is 1. The molecule has 0 saturated heterocycles. The maximum Gasteiger partial charge on any atom is 0.0244 e. The van der Waals surface area contributed by atoms with Gasteiger partial charge in [0.15, 0.2) is 0 Å². The number of rotatable bonds is 6. The van der Waals surface area contributed by atoms with Crippen LogP contribution in [-0.2, 0) is 13.1 Å². The molecule has 1 aliphatic rings. The molecule has 2 rings (SSSR count). The second kappa shape index (κ2) is 6.69. The summed E-state index contributed by atoms with van der Waals surface area (Å²) < 4.78 is 1.19. The van der Waals surface area contributed by atoms with Gasteiger partial charge in [-0.2, -0.15) is 0 Å². The van der Waals surface area contributed by atoms with Crippen LogP contribution in [0.5, 0.6) is 0 Å². The largest absolute Gasteiger partial charge is 0.326 e. The third-order valence-electron chi connectivity index (χ3n) is 3.94. The number of nitrogens with two attached hydrogens (primary N) is 1. The Morgan fingerprint density at radius 2 is 2.17 bits per heavy atom. The molecule has 0 unspecified atom stereocenters. The number of halogens is 1. The Bertz CT molecular complexity index is 388. The molecule has 0 spiro atoms. The van der Waals surface area contributed by atoms with Crippen molar-refractivity contribution in [1.82, 2.24) is 4.90 Å². The average Bonchev–Trinajstić information content (AvgIpc) is 2.33. The van der Waals surface area contributed by atoms with E-state index in [0.717, 1.165) is 19.0 Å². The molecule has 1 aromatic carbocycles. The highest BCUT2D eigenvalue weighted by atomic mass is 79.9. The molecule has 3 heteroatoms.